The third-order valence-corrected chi connectivity index (χ3v) is 3.97. The zero-order valence-corrected chi connectivity index (χ0v) is 12.3. The van der Waals surface area contributed by atoms with Gasteiger partial charge in [-0.25, -0.2) is 13.6 Å². The van der Waals surface area contributed by atoms with Gasteiger partial charge < -0.3 is 10.4 Å². The second-order valence-electron chi connectivity index (χ2n) is 5.63. The van der Waals surface area contributed by atoms with Crippen LogP contribution in [0.25, 0.3) is 0 Å². The molecule has 0 aliphatic heterocycles. The van der Waals surface area contributed by atoms with Gasteiger partial charge >= 0.3 is 5.97 Å². The number of benzene rings is 1. The lowest BCUT2D eigenvalue weighted by Crippen LogP contribution is -2.41. The molecule has 2 N–H and O–H groups in total. The van der Waals surface area contributed by atoms with Gasteiger partial charge in [-0.2, -0.15) is 0 Å². The van der Waals surface area contributed by atoms with Gasteiger partial charge in [0.25, 0.3) is 0 Å². The van der Waals surface area contributed by atoms with Crippen LogP contribution < -0.4 is 5.32 Å². The van der Waals surface area contributed by atoms with Crippen LogP contribution in [0.3, 0.4) is 0 Å². The van der Waals surface area contributed by atoms with Gasteiger partial charge in [0.1, 0.15) is 6.04 Å². The van der Waals surface area contributed by atoms with Gasteiger partial charge in [0.15, 0.2) is 11.6 Å². The monoisotopic (exact) mass is 311 g/mol. The molecule has 4 nitrogen and oxygen atoms in total. The van der Waals surface area contributed by atoms with E-state index >= 15 is 0 Å². The largest absolute Gasteiger partial charge is 0.480 e. The van der Waals surface area contributed by atoms with Crippen LogP contribution in [-0.2, 0) is 9.59 Å². The molecule has 1 aliphatic carbocycles. The molecule has 120 valence electrons. The first-order valence-corrected chi connectivity index (χ1v) is 7.42. The van der Waals surface area contributed by atoms with Crippen LogP contribution in [0, 0.1) is 17.6 Å². The van der Waals surface area contributed by atoms with Crippen LogP contribution in [0.2, 0.25) is 0 Å². The highest BCUT2D eigenvalue weighted by Gasteiger charge is 2.46. The van der Waals surface area contributed by atoms with E-state index in [4.69, 9.17) is 5.11 Å². The van der Waals surface area contributed by atoms with Crippen LogP contribution >= 0.6 is 0 Å². The Labute approximate surface area is 127 Å². The Balaban J connectivity index is 1.98. The first-order chi connectivity index (χ1) is 10.5. The van der Waals surface area contributed by atoms with Crippen molar-refractivity contribution < 1.29 is 23.5 Å². The Morgan fingerprint density at radius 2 is 2.14 bits per heavy atom. The van der Waals surface area contributed by atoms with E-state index in [1.807, 2.05) is 6.92 Å². The summed E-state index contributed by atoms with van der Waals surface area (Å²) in [7, 11) is 0. The molecule has 6 heteroatoms. The molecule has 1 amide bonds. The maximum atomic E-state index is 13.7. The van der Waals surface area contributed by atoms with Gasteiger partial charge in [-0.3, -0.25) is 4.79 Å². The summed E-state index contributed by atoms with van der Waals surface area (Å²) in [5.74, 6) is -4.21. The number of carbonyl (C=O) groups excluding carboxylic acids is 1. The van der Waals surface area contributed by atoms with Crippen molar-refractivity contribution in [2.45, 2.75) is 44.6 Å². The fraction of sp³-hybridized carbons (Fsp3) is 0.500. The highest BCUT2D eigenvalue weighted by Crippen LogP contribution is 2.48. The number of unbranched alkanes of at least 4 members (excludes halogenated alkanes) is 1. The molecular weight excluding hydrogens is 292 g/mol. The topological polar surface area (TPSA) is 66.4 Å². The summed E-state index contributed by atoms with van der Waals surface area (Å²) in [6, 6.07) is 2.97. The Hall–Kier alpha value is -1.98. The molecule has 1 aromatic carbocycles. The number of aliphatic carboxylic acids is 1. The lowest BCUT2D eigenvalue weighted by Gasteiger charge is -2.14. The zero-order valence-electron chi connectivity index (χ0n) is 12.3. The molecule has 3 atom stereocenters. The molecule has 0 aromatic heterocycles. The molecular formula is C16H19F2NO3. The number of hydrogen-bond acceptors (Lipinski definition) is 2. The zero-order chi connectivity index (χ0) is 16.3. The molecule has 0 heterocycles. The lowest BCUT2D eigenvalue weighted by molar-refractivity contribution is -0.142. The standard InChI is InChI=1S/C16H19F2NO3/c1-2-3-7-13(16(21)22)19-15(20)11-8-10(11)9-5-4-6-12(17)14(9)18/h4-6,10-11,13H,2-3,7-8H2,1H3,(H,19,20)(H,21,22)/t10?,11?,13-/m0/s1. The van der Waals surface area contributed by atoms with Crippen molar-refractivity contribution in [3.8, 4) is 0 Å². The third-order valence-electron chi connectivity index (χ3n) is 3.97. The van der Waals surface area contributed by atoms with Crippen molar-refractivity contribution in [2.24, 2.45) is 5.92 Å². The summed E-state index contributed by atoms with van der Waals surface area (Å²) >= 11 is 0. The van der Waals surface area contributed by atoms with E-state index in [2.05, 4.69) is 5.32 Å². The van der Waals surface area contributed by atoms with E-state index < -0.39 is 35.5 Å². The number of carboxylic acids is 1. The number of carbonyl (C=O) groups is 2. The van der Waals surface area contributed by atoms with E-state index in [9.17, 15) is 18.4 Å². The van der Waals surface area contributed by atoms with E-state index in [1.165, 1.54) is 12.1 Å². The lowest BCUT2D eigenvalue weighted by atomic mass is 10.1. The molecule has 22 heavy (non-hydrogen) atoms. The molecule has 0 saturated heterocycles. The minimum atomic E-state index is -1.07. The minimum Gasteiger partial charge on any atom is -0.480 e. The third kappa shape index (κ3) is 3.61. The molecule has 1 aliphatic rings. The van der Waals surface area contributed by atoms with Crippen LogP contribution in [0.4, 0.5) is 8.78 Å². The van der Waals surface area contributed by atoms with Crippen molar-refractivity contribution in [3.05, 3.63) is 35.4 Å². The maximum absolute atomic E-state index is 13.7. The van der Waals surface area contributed by atoms with Crippen molar-refractivity contribution in [3.63, 3.8) is 0 Å². The minimum absolute atomic E-state index is 0.181. The summed E-state index contributed by atoms with van der Waals surface area (Å²) in [4.78, 5) is 23.2. The number of nitrogens with one attached hydrogen (secondary N) is 1. The molecule has 0 radical (unpaired) electrons. The molecule has 1 aromatic rings. The predicted octanol–water partition coefficient (Wildman–Crippen LogP) is 2.83. The first-order valence-electron chi connectivity index (χ1n) is 7.42. The van der Waals surface area contributed by atoms with Crippen LogP contribution in [-0.4, -0.2) is 23.0 Å². The van der Waals surface area contributed by atoms with Gasteiger partial charge in [0.2, 0.25) is 5.91 Å². The van der Waals surface area contributed by atoms with Crippen molar-refractivity contribution >= 4 is 11.9 Å². The van der Waals surface area contributed by atoms with Crippen molar-refractivity contribution in [2.75, 3.05) is 0 Å². The Bertz CT molecular complexity index is 577. The first kappa shape index (κ1) is 16.4. The fourth-order valence-corrected chi connectivity index (χ4v) is 2.58. The van der Waals surface area contributed by atoms with E-state index in [0.717, 1.165) is 12.5 Å². The molecule has 1 fully saturated rings. The second kappa shape index (κ2) is 6.85. The second-order valence-corrected chi connectivity index (χ2v) is 5.63. The normalized spacial score (nSPS) is 21.2. The van der Waals surface area contributed by atoms with Crippen LogP contribution in [0.15, 0.2) is 18.2 Å². The van der Waals surface area contributed by atoms with Gasteiger partial charge in [-0.05, 0) is 30.4 Å². The fourth-order valence-electron chi connectivity index (χ4n) is 2.58. The average molecular weight is 311 g/mol. The summed E-state index contributed by atoms with van der Waals surface area (Å²) in [5.41, 5.74) is 0.181. The molecule has 1 saturated carbocycles. The number of carboxylic acid groups (broad SMARTS) is 1. The van der Waals surface area contributed by atoms with Crippen LogP contribution in [0.1, 0.15) is 44.1 Å². The molecule has 0 spiro atoms. The Kier molecular flexibility index (Phi) is 5.11. The van der Waals surface area contributed by atoms with E-state index in [1.54, 1.807) is 0 Å². The summed E-state index contributed by atoms with van der Waals surface area (Å²) in [6.07, 6.45) is 2.31. The molecule has 2 rings (SSSR count). The summed E-state index contributed by atoms with van der Waals surface area (Å²) in [6.45, 7) is 1.93. The van der Waals surface area contributed by atoms with Gasteiger partial charge in [0, 0.05) is 5.92 Å². The van der Waals surface area contributed by atoms with E-state index in [-0.39, 0.29) is 11.5 Å². The smallest absolute Gasteiger partial charge is 0.326 e. The molecule has 2 unspecified atom stereocenters. The predicted molar refractivity (Wildman–Crippen MR) is 76.3 cm³/mol. The quantitative estimate of drug-likeness (QED) is 0.814. The van der Waals surface area contributed by atoms with E-state index in [0.29, 0.717) is 19.3 Å². The SMILES string of the molecule is CCCC[C@H](NC(=O)C1CC1c1cccc(F)c1F)C(=O)O. The highest BCUT2D eigenvalue weighted by molar-refractivity contribution is 5.87. The number of halogens is 2. The Morgan fingerprint density at radius 1 is 1.41 bits per heavy atom. The average Bonchev–Trinajstić information content (AvgIpc) is 3.26. The summed E-state index contributed by atoms with van der Waals surface area (Å²) in [5, 5.41) is 11.6. The van der Waals surface area contributed by atoms with Crippen molar-refractivity contribution in [1.29, 1.82) is 0 Å². The number of hydrogen-bond donors (Lipinski definition) is 2. The molecule has 0 bridgehead atoms. The maximum Gasteiger partial charge on any atom is 0.326 e. The highest BCUT2D eigenvalue weighted by atomic mass is 19.2. The van der Waals surface area contributed by atoms with Gasteiger partial charge in [0.05, 0.1) is 0 Å². The van der Waals surface area contributed by atoms with Gasteiger partial charge in [-0.1, -0.05) is 31.9 Å². The van der Waals surface area contributed by atoms with Gasteiger partial charge in [-0.15, -0.1) is 0 Å². The Morgan fingerprint density at radius 3 is 2.77 bits per heavy atom. The number of rotatable bonds is 7. The number of amides is 1. The van der Waals surface area contributed by atoms with Crippen LogP contribution in [0.5, 0.6) is 0 Å². The van der Waals surface area contributed by atoms with Crippen molar-refractivity contribution in [1.82, 2.24) is 5.32 Å². The summed E-state index contributed by atoms with van der Waals surface area (Å²) < 4.78 is 26.9.